The number of nitrogens with zero attached hydrogens (tertiary/aromatic N) is 1. The molecule has 0 aliphatic carbocycles. The Labute approximate surface area is 140 Å². The molecule has 0 aromatic heterocycles. The molecule has 1 atom stereocenters. The van der Waals surface area contributed by atoms with Gasteiger partial charge in [0, 0.05) is 6.54 Å². The first-order valence-electron chi connectivity index (χ1n) is 8.06. The van der Waals surface area contributed by atoms with Crippen molar-refractivity contribution in [2.24, 2.45) is 5.92 Å². The van der Waals surface area contributed by atoms with Crippen LogP contribution in [0.5, 0.6) is 5.75 Å². The Morgan fingerprint density at radius 2 is 2.09 bits per heavy atom. The van der Waals surface area contributed by atoms with Crippen LogP contribution in [0.15, 0.2) is 30.9 Å². The smallest absolute Gasteiger partial charge is 0.122 e. The van der Waals surface area contributed by atoms with Crippen LogP contribution < -0.4 is 4.74 Å². The molecule has 1 unspecified atom stereocenters. The van der Waals surface area contributed by atoms with Crippen molar-refractivity contribution in [2.75, 3.05) is 26.2 Å². The maximum Gasteiger partial charge on any atom is 0.122 e. The Morgan fingerprint density at radius 1 is 1.35 bits per heavy atom. The summed E-state index contributed by atoms with van der Waals surface area (Å²) in [6, 6.07) is 5.69. The normalized spacial score (nSPS) is 29.0. The molecular formula is C18H28BNO3. The van der Waals surface area contributed by atoms with E-state index in [1.807, 2.05) is 24.3 Å². The highest BCUT2D eigenvalue weighted by molar-refractivity contribution is 5.75. The van der Waals surface area contributed by atoms with Crippen LogP contribution in [0.25, 0.3) is 0 Å². The Hall–Kier alpha value is -1.30. The van der Waals surface area contributed by atoms with Gasteiger partial charge in [-0.25, -0.2) is 0 Å². The molecule has 3 heterocycles. The van der Waals surface area contributed by atoms with Crippen molar-refractivity contribution in [1.82, 2.24) is 4.90 Å². The van der Waals surface area contributed by atoms with Crippen molar-refractivity contribution in [2.45, 2.75) is 31.5 Å². The molecule has 126 valence electrons. The molecule has 0 spiro atoms. The van der Waals surface area contributed by atoms with Crippen LogP contribution >= 0.6 is 0 Å². The first-order valence-corrected chi connectivity index (χ1v) is 8.06. The highest BCUT2D eigenvalue weighted by atomic mass is 16.5. The van der Waals surface area contributed by atoms with Crippen LogP contribution in [0.3, 0.4) is 0 Å². The molecule has 0 radical (unpaired) electrons. The number of hydrogen-bond donors (Lipinski definition) is 2. The predicted molar refractivity (Wildman–Crippen MR) is 95.8 cm³/mol. The zero-order valence-electron chi connectivity index (χ0n) is 13.0. The number of benzene rings is 1. The third kappa shape index (κ3) is 3.79. The standard InChI is InChI=1S/C18H25NO3.BH3/c1-2-3-15-10-14(11-20)4-5-17(15)22-13-18(21)12-19-8-6-16(18)7-9-19;/h2,4-5,10,16,20-21H,1,3,6-9,11-13H2;1H3. The summed E-state index contributed by atoms with van der Waals surface area (Å²) in [5, 5.41) is 20.2. The molecule has 23 heavy (non-hydrogen) atoms. The van der Waals surface area contributed by atoms with Gasteiger partial charge in [-0.15, -0.1) is 6.58 Å². The van der Waals surface area contributed by atoms with E-state index in [1.165, 1.54) is 0 Å². The minimum absolute atomic E-state index is 0. The molecule has 3 saturated heterocycles. The number of allylic oxidation sites excluding steroid dienone is 1. The van der Waals surface area contributed by atoms with Crippen LogP contribution in [0.1, 0.15) is 24.0 Å². The minimum atomic E-state index is -0.738. The van der Waals surface area contributed by atoms with E-state index in [2.05, 4.69) is 11.5 Å². The highest BCUT2D eigenvalue weighted by Crippen LogP contribution is 2.36. The number of rotatable bonds is 6. The molecule has 0 saturated carbocycles. The van der Waals surface area contributed by atoms with Gasteiger partial charge in [-0.1, -0.05) is 12.1 Å². The topological polar surface area (TPSA) is 52.9 Å². The van der Waals surface area contributed by atoms with Gasteiger partial charge < -0.3 is 19.8 Å². The lowest BCUT2D eigenvalue weighted by Crippen LogP contribution is -2.61. The van der Waals surface area contributed by atoms with Gasteiger partial charge in [0.05, 0.1) is 15.0 Å². The van der Waals surface area contributed by atoms with E-state index in [9.17, 15) is 10.2 Å². The van der Waals surface area contributed by atoms with Gasteiger partial charge in [0.25, 0.3) is 0 Å². The van der Waals surface area contributed by atoms with E-state index in [4.69, 9.17) is 4.74 Å². The Bertz CT molecular complexity index is 543. The zero-order chi connectivity index (χ0) is 15.6. The number of aliphatic hydroxyl groups excluding tert-OH is 1. The summed E-state index contributed by atoms with van der Waals surface area (Å²) in [6.45, 7) is 7.03. The number of piperidine rings is 3. The summed E-state index contributed by atoms with van der Waals surface area (Å²) in [6.07, 6.45) is 4.63. The maximum atomic E-state index is 10.9. The fourth-order valence-corrected chi connectivity index (χ4v) is 3.70. The monoisotopic (exact) mass is 317 g/mol. The summed E-state index contributed by atoms with van der Waals surface area (Å²) < 4.78 is 5.98. The Kier molecular flexibility index (Phi) is 5.90. The van der Waals surface area contributed by atoms with Gasteiger partial charge in [0.1, 0.15) is 18.0 Å². The van der Waals surface area contributed by atoms with Gasteiger partial charge in [-0.2, -0.15) is 0 Å². The van der Waals surface area contributed by atoms with Gasteiger partial charge in [0.15, 0.2) is 0 Å². The second kappa shape index (κ2) is 7.52. The Balaban J connectivity index is 0.00000192. The van der Waals surface area contributed by atoms with Crippen LogP contribution in [0.4, 0.5) is 0 Å². The largest absolute Gasteiger partial charge is 0.490 e. The highest BCUT2D eigenvalue weighted by Gasteiger charge is 2.46. The SMILES string of the molecule is B.C=CCc1cc(CO)ccc1OCC1(O)CN2CCC1CC2. The van der Waals surface area contributed by atoms with Crippen molar-refractivity contribution in [3.63, 3.8) is 0 Å². The molecule has 3 fully saturated rings. The van der Waals surface area contributed by atoms with Crippen molar-refractivity contribution < 1.29 is 14.9 Å². The van der Waals surface area contributed by atoms with Crippen molar-refractivity contribution in [3.05, 3.63) is 42.0 Å². The molecular weight excluding hydrogens is 289 g/mol. The van der Waals surface area contributed by atoms with E-state index in [0.29, 0.717) is 25.5 Å². The predicted octanol–water partition coefficient (Wildman–Crippen LogP) is 0.559. The third-order valence-electron chi connectivity index (χ3n) is 4.99. The summed E-state index contributed by atoms with van der Waals surface area (Å²) in [4.78, 5) is 2.32. The molecule has 0 amide bonds. The lowest BCUT2D eigenvalue weighted by atomic mass is 9.76. The van der Waals surface area contributed by atoms with Gasteiger partial charge in [-0.3, -0.25) is 0 Å². The van der Waals surface area contributed by atoms with E-state index >= 15 is 0 Å². The zero-order valence-corrected chi connectivity index (χ0v) is 13.0. The number of aliphatic hydroxyl groups is 2. The lowest BCUT2D eigenvalue weighted by molar-refractivity contribution is -0.131. The Morgan fingerprint density at radius 3 is 2.65 bits per heavy atom. The second-order valence-corrected chi connectivity index (χ2v) is 6.54. The summed E-state index contributed by atoms with van der Waals surface area (Å²) in [7, 11) is 0. The molecule has 5 heteroatoms. The average Bonchev–Trinajstić information content (AvgIpc) is 2.55. The molecule has 2 N–H and O–H groups in total. The lowest BCUT2D eigenvalue weighted by Gasteiger charge is -2.50. The molecule has 2 bridgehead atoms. The molecule has 4 nitrogen and oxygen atoms in total. The number of hydrogen-bond acceptors (Lipinski definition) is 4. The third-order valence-corrected chi connectivity index (χ3v) is 4.99. The molecule has 3 aliphatic rings. The quantitative estimate of drug-likeness (QED) is 0.595. The molecule has 1 aromatic carbocycles. The summed E-state index contributed by atoms with van der Waals surface area (Å²) in [5.74, 6) is 1.12. The molecule has 3 aliphatic heterocycles. The number of fused-ring (bicyclic) bond motifs is 3. The van der Waals surface area contributed by atoms with Gasteiger partial charge in [-0.05, 0) is 61.5 Å². The van der Waals surface area contributed by atoms with E-state index in [1.54, 1.807) is 0 Å². The summed E-state index contributed by atoms with van der Waals surface area (Å²) in [5.41, 5.74) is 1.13. The van der Waals surface area contributed by atoms with Crippen molar-refractivity contribution in [1.29, 1.82) is 0 Å². The van der Waals surface area contributed by atoms with Crippen LogP contribution in [-0.2, 0) is 13.0 Å². The van der Waals surface area contributed by atoms with Crippen LogP contribution in [0.2, 0.25) is 0 Å². The average molecular weight is 317 g/mol. The van der Waals surface area contributed by atoms with E-state index < -0.39 is 5.60 Å². The first-order chi connectivity index (χ1) is 10.6. The fourth-order valence-electron chi connectivity index (χ4n) is 3.70. The summed E-state index contributed by atoms with van der Waals surface area (Å²) >= 11 is 0. The molecule has 1 aromatic rings. The van der Waals surface area contributed by atoms with E-state index in [-0.39, 0.29) is 15.0 Å². The maximum absolute atomic E-state index is 10.9. The fraction of sp³-hybridized carbons (Fsp3) is 0.556. The van der Waals surface area contributed by atoms with Crippen molar-refractivity contribution >= 4 is 8.41 Å². The van der Waals surface area contributed by atoms with Crippen LogP contribution in [-0.4, -0.2) is 55.4 Å². The van der Waals surface area contributed by atoms with E-state index in [0.717, 1.165) is 42.8 Å². The minimum Gasteiger partial charge on any atom is -0.490 e. The number of ether oxygens (including phenoxy) is 1. The van der Waals surface area contributed by atoms with Crippen molar-refractivity contribution in [3.8, 4) is 5.75 Å². The second-order valence-electron chi connectivity index (χ2n) is 6.54. The van der Waals surface area contributed by atoms with Crippen LogP contribution in [0, 0.1) is 5.92 Å². The van der Waals surface area contributed by atoms with Gasteiger partial charge in [0.2, 0.25) is 0 Å². The van der Waals surface area contributed by atoms with Gasteiger partial charge >= 0.3 is 0 Å². The molecule has 4 rings (SSSR count). The first kappa shape index (κ1) is 18.0.